The molecule has 11 nitrogen and oxygen atoms in total. The molecule has 2 saturated carbocycles. The molecule has 2 atom stereocenters. The topological polar surface area (TPSA) is 140 Å². The highest BCUT2D eigenvalue weighted by Crippen LogP contribution is 2.46. The van der Waals surface area contributed by atoms with Crippen LogP contribution in [-0.2, 0) is 24.2 Å². The van der Waals surface area contributed by atoms with Crippen LogP contribution in [0.5, 0.6) is 0 Å². The summed E-state index contributed by atoms with van der Waals surface area (Å²) in [7, 11) is -2.62. The zero-order chi connectivity index (χ0) is 27.3. The number of carbonyl (C=O) groups is 3. The lowest BCUT2D eigenvalue weighted by molar-refractivity contribution is -0.145. The Morgan fingerprint density at radius 3 is 2.32 bits per heavy atom. The number of piperazine rings is 1. The molecule has 0 radical (unpaired) electrons. The van der Waals surface area contributed by atoms with E-state index in [0.29, 0.717) is 51.9 Å². The molecule has 1 N–H and O–H groups in total. The van der Waals surface area contributed by atoms with Crippen molar-refractivity contribution in [3.63, 3.8) is 0 Å². The highest BCUT2D eigenvalue weighted by atomic mass is 35.5. The molecule has 2 aliphatic carbocycles. The third kappa shape index (κ3) is 4.61. The van der Waals surface area contributed by atoms with E-state index in [1.54, 1.807) is 17.0 Å². The third-order valence-electron chi connectivity index (χ3n) is 8.17. The quantitative estimate of drug-likeness (QED) is 0.544. The van der Waals surface area contributed by atoms with Gasteiger partial charge in [-0.15, -0.1) is 0 Å². The van der Waals surface area contributed by atoms with Gasteiger partial charge in [-0.25, -0.2) is 13.2 Å². The monoisotopic (exact) mass is 563 g/mol. The Balaban J connectivity index is 1.39. The predicted molar refractivity (Wildman–Crippen MR) is 136 cm³/mol. The smallest absolute Gasteiger partial charge is 0.409 e. The summed E-state index contributed by atoms with van der Waals surface area (Å²) in [6.07, 6.45) is 1.70. The molecule has 1 aromatic carbocycles. The van der Waals surface area contributed by atoms with Crippen LogP contribution in [0.3, 0.4) is 0 Å². The summed E-state index contributed by atoms with van der Waals surface area (Å²) in [5.41, 5.74) is -1.79. The molecule has 0 aromatic heterocycles. The first-order valence-corrected chi connectivity index (χ1v) is 14.6. The molecule has 0 unspecified atom stereocenters. The van der Waals surface area contributed by atoms with Crippen molar-refractivity contribution in [2.24, 2.45) is 0 Å². The van der Waals surface area contributed by atoms with E-state index in [0.717, 1.165) is 0 Å². The van der Waals surface area contributed by atoms with Crippen molar-refractivity contribution in [2.75, 3.05) is 39.8 Å². The Morgan fingerprint density at radius 2 is 1.76 bits per heavy atom. The molecular formula is C25H30ClN5O6S. The van der Waals surface area contributed by atoms with E-state index < -0.39 is 44.2 Å². The molecule has 2 heterocycles. The molecule has 204 valence electrons. The van der Waals surface area contributed by atoms with Crippen molar-refractivity contribution in [1.29, 1.82) is 5.26 Å². The van der Waals surface area contributed by atoms with Crippen molar-refractivity contribution < 1.29 is 27.5 Å². The third-order valence-corrected chi connectivity index (χ3v) is 10.8. The summed E-state index contributed by atoms with van der Waals surface area (Å²) in [6, 6.07) is 7.23. The fourth-order valence-electron chi connectivity index (χ4n) is 5.56. The van der Waals surface area contributed by atoms with Gasteiger partial charge in [0.05, 0.1) is 28.3 Å². The number of nitrogens with zero attached hydrogens (tertiary/aromatic N) is 4. The summed E-state index contributed by atoms with van der Waals surface area (Å²) < 4.78 is 31.9. The van der Waals surface area contributed by atoms with Crippen LogP contribution >= 0.6 is 11.6 Å². The lowest BCUT2D eigenvalue weighted by Crippen LogP contribution is -2.60. The van der Waals surface area contributed by atoms with Gasteiger partial charge in [0, 0.05) is 32.7 Å². The highest BCUT2D eigenvalue weighted by molar-refractivity contribution is 7.92. The largest absolute Gasteiger partial charge is 0.453 e. The molecule has 4 fully saturated rings. The van der Waals surface area contributed by atoms with E-state index in [2.05, 4.69) is 11.4 Å². The van der Waals surface area contributed by atoms with Crippen molar-refractivity contribution in [3.05, 3.63) is 29.3 Å². The molecule has 0 bridgehead atoms. The standard InChI is InChI=1S/C25H30ClN5O6S/c1-37-23(34)29-10-12-30(13-11-29)25(8-9-25)22(33)31-15-17(38(35,36)20-5-3-2-4-18(20)26)14-19(31)21(32)28-24(16-27)6-7-24/h2-5,17,19H,6-15H2,1H3,(H,28,32)/t17-,19+/m1/s1. The van der Waals surface area contributed by atoms with Gasteiger partial charge in [-0.2, -0.15) is 5.26 Å². The van der Waals surface area contributed by atoms with Crippen LogP contribution in [0.25, 0.3) is 0 Å². The Bertz CT molecular complexity index is 1300. The van der Waals surface area contributed by atoms with E-state index >= 15 is 0 Å². The first kappa shape index (κ1) is 26.7. The second-order valence-electron chi connectivity index (χ2n) is 10.5. The maximum atomic E-state index is 14.1. The number of ether oxygens (including phenoxy) is 1. The summed E-state index contributed by atoms with van der Waals surface area (Å²) in [6.45, 7) is 1.59. The van der Waals surface area contributed by atoms with Crippen LogP contribution in [0.4, 0.5) is 4.79 Å². The van der Waals surface area contributed by atoms with Gasteiger partial charge in [-0.05, 0) is 44.2 Å². The van der Waals surface area contributed by atoms with Gasteiger partial charge < -0.3 is 19.9 Å². The maximum absolute atomic E-state index is 14.1. The van der Waals surface area contributed by atoms with Crippen LogP contribution in [0, 0.1) is 11.3 Å². The Labute approximate surface area is 226 Å². The van der Waals surface area contributed by atoms with Gasteiger partial charge in [0.25, 0.3) is 0 Å². The molecule has 13 heteroatoms. The summed E-state index contributed by atoms with van der Waals surface area (Å²) in [4.78, 5) is 44.3. The normalized spacial score (nSPS) is 25.8. The minimum atomic E-state index is -3.95. The number of rotatable bonds is 6. The van der Waals surface area contributed by atoms with Gasteiger partial charge in [0.1, 0.15) is 17.1 Å². The summed E-state index contributed by atoms with van der Waals surface area (Å²) >= 11 is 6.21. The second-order valence-corrected chi connectivity index (χ2v) is 13.1. The van der Waals surface area contributed by atoms with Crippen LogP contribution < -0.4 is 5.32 Å². The molecule has 3 amide bonds. The van der Waals surface area contributed by atoms with Crippen LogP contribution in [0.15, 0.2) is 29.2 Å². The van der Waals surface area contributed by atoms with Crippen molar-refractivity contribution in [2.45, 2.75) is 59.4 Å². The van der Waals surface area contributed by atoms with Crippen molar-refractivity contribution >= 4 is 39.3 Å². The van der Waals surface area contributed by atoms with Gasteiger partial charge in [0.15, 0.2) is 9.84 Å². The Kier molecular flexibility index (Phi) is 6.82. The van der Waals surface area contributed by atoms with Crippen molar-refractivity contribution in [1.82, 2.24) is 20.0 Å². The number of likely N-dealkylation sites (tertiary alicyclic amines) is 1. The molecule has 38 heavy (non-hydrogen) atoms. The lowest BCUT2D eigenvalue weighted by atomic mass is 10.1. The fourth-order valence-corrected chi connectivity index (χ4v) is 7.77. The summed E-state index contributed by atoms with van der Waals surface area (Å²) in [5, 5.41) is 11.3. The van der Waals surface area contributed by atoms with Crippen LogP contribution in [0.1, 0.15) is 32.1 Å². The SMILES string of the molecule is COC(=O)N1CCN(C2(C(=O)N3C[C@H](S(=O)(=O)c4ccccc4Cl)C[C@H]3C(=O)NC3(C#N)CC3)CC2)CC1. The van der Waals surface area contributed by atoms with E-state index in [-0.39, 0.29) is 28.8 Å². The molecule has 0 spiro atoms. The minimum absolute atomic E-state index is 0.0316. The maximum Gasteiger partial charge on any atom is 0.409 e. The van der Waals surface area contributed by atoms with E-state index in [4.69, 9.17) is 16.3 Å². The van der Waals surface area contributed by atoms with Crippen LogP contribution in [-0.4, -0.2) is 103 Å². The highest BCUT2D eigenvalue weighted by Gasteiger charge is 2.60. The van der Waals surface area contributed by atoms with E-state index in [1.165, 1.54) is 24.1 Å². The number of hydrogen-bond acceptors (Lipinski definition) is 8. The van der Waals surface area contributed by atoms with E-state index in [9.17, 15) is 28.1 Å². The molecule has 1 aromatic rings. The number of sulfone groups is 1. The summed E-state index contributed by atoms with van der Waals surface area (Å²) in [5.74, 6) is -0.802. The van der Waals surface area contributed by atoms with Crippen LogP contribution in [0.2, 0.25) is 5.02 Å². The lowest BCUT2D eigenvalue weighted by Gasteiger charge is -2.40. The molecule has 2 saturated heterocycles. The Morgan fingerprint density at radius 1 is 1.11 bits per heavy atom. The number of amides is 3. The number of hydrogen-bond donors (Lipinski definition) is 1. The minimum Gasteiger partial charge on any atom is -0.453 e. The fraction of sp³-hybridized carbons (Fsp3) is 0.600. The van der Waals surface area contributed by atoms with Gasteiger partial charge in [-0.3, -0.25) is 14.5 Å². The predicted octanol–water partition coefficient (Wildman–Crippen LogP) is 1.17. The first-order valence-electron chi connectivity index (χ1n) is 12.7. The average Bonchev–Trinajstić information content (AvgIpc) is 3.84. The van der Waals surface area contributed by atoms with Gasteiger partial charge >= 0.3 is 6.09 Å². The Hall–Kier alpha value is -2.88. The number of halogens is 1. The number of nitriles is 1. The average molecular weight is 564 g/mol. The number of benzene rings is 1. The van der Waals surface area contributed by atoms with E-state index in [1.807, 2.05) is 4.90 Å². The molecular weight excluding hydrogens is 534 g/mol. The van der Waals surface area contributed by atoms with Gasteiger partial charge in [-0.1, -0.05) is 23.7 Å². The number of carbonyl (C=O) groups excluding carboxylic acids is 3. The molecule has 2 aliphatic heterocycles. The first-order chi connectivity index (χ1) is 18.1. The van der Waals surface area contributed by atoms with Gasteiger partial charge in [0.2, 0.25) is 11.8 Å². The molecule has 4 aliphatic rings. The zero-order valence-corrected chi connectivity index (χ0v) is 22.6. The zero-order valence-electron chi connectivity index (χ0n) is 21.1. The second kappa shape index (κ2) is 9.70. The number of nitrogens with one attached hydrogen (secondary N) is 1. The molecule has 5 rings (SSSR count). The van der Waals surface area contributed by atoms with Crippen molar-refractivity contribution in [3.8, 4) is 6.07 Å². The number of methoxy groups -OCH3 is 1.